The Balaban J connectivity index is 0.00000144. The van der Waals surface area contributed by atoms with Crippen LogP contribution in [0.25, 0.3) is 11.0 Å². The van der Waals surface area contributed by atoms with Crippen LogP contribution in [0, 0.1) is 0 Å². The van der Waals surface area contributed by atoms with Crippen molar-refractivity contribution in [3.63, 3.8) is 0 Å². The molecular formula is C20H25Cl4N7O. The molecule has 4 heterocycles. The highest BCUT2D eigenvalue weighted by atomic mass is 35.5. The van der Waals surface area contributed by atoms with Crippen LogP contribution in [0.1, 0.15) is 12.0 Å². The van der Waals surface area contributed by atoms with Crippen molar-refractivity contribution in [1.82, 2.24) is 29.5 Å². The van der Waals surface area contributed by atoms with Crippen molar-refractivity contribution in [2.75, 3.05) is 32.0 Å². The molecule has 2 aliphatic heterocycles. The highest BCUT2D eigenvalue weighted by Crippen LogP contribution is 2.29. The van der Waals surface area contributed by atoms with E-state index < -0.39 is 0 Å². The molecule has 12 heteroatoms. The Labute approximate surface area is 208 Å². The zero-order chi connectivity index (χ0) is 20.8. The Bertz CT molecular complexity index is 1150. The maximum Gasteiger partial charge on any atom is 0.278 e. The van der Waals surface area contributed by atoms with Gasteiger partial charge in [0.25, 0.3) is 5.56 Å². The summed E-state index contributed by atoms with van der Waals surface area (Å²) in [7, 11) is 2.20. The Morgan fingerprint density at radius 2 is 1.97 bits per heavy atom. The van der Waals surface area contributed by atoms with Gasteiger partial charge in [-0.25, -0.2) is 4.98 Å². The second-order valence-corrected chi connectivity index (χ2v) is 8.91. The number of piperazine rings is 1. The van der Waals surface area contributed by atoms with Crippen LogP contribution in [-0.2, 0) is 13.1 Å². The molecule has 0 amide bonds. The monoisotopic (exact) mass is 519 g/mol. The first-order valence-electron chi connectivity index (χ1n) is 10.1. The number of fused-ring (bicyclic) bond motifs is 3. The molecule has 2 unspecified atom stereocenters. The van der Waals surface area contributed by atoms with E-state index in [0.717, 1.165) is 25.2 Å². The lowest BCUT2D eigenvalue weighted by Gasteiger charge is -2.31. The molecule has 5 rings (SSSR count). The molecule has 2 atom stereocenters. The van der Waals surface area contributed by atoms with Crippen LogP contribution < -0.4 is 10.9 Å². The van der Waals surface area contributed by atoms with Gasteiger partial charge >= 0.3 is 0 Å². The van der Waals surface area contributed by atoms with E-state index in [4.69, 9.17) is 23.2 Å². The minimum Gasteiger partial charge on any atom is -0.352 e. The molecule has 2 aromatic heterocycles. The Hall–Kier alpha value is -1.55. The molecule has 174 valence electrons. The normalized spacial score (nSPS) is 20.3. The fourth-order valence-corrected chi connectivity index (χ4v) is 4.86. The molecule has 0 saturated carbocycles. The van der Waals surface area contributed by atoms with Crippen molar-refractivity contribution >= 4 is 65.0 Å². The van der Waals surface area contributed by atoms with Gasteiger partial charge in [0.2, 0.25) is 5.95 Å². The number of likely N-dealkylation sites (N-methyl/N-ethyl adjacent to an activating group) is 1. The first-order chi connectivity index (χ1) is 14.5. The lowest BCUT2D eigenvalue weighted by molar-refractivity contribution is 0.144. The topological polar surface area (TPSA) is 82.1 Å². The van der Waals surface area contributed by atoms with E-state index in [1.165, 1.54) is 6.42 Å². The molecule has 1 aromatic carbocycles. The number of anilines is 1. The third kappa shape index (κ3) is 4.85. The second kappa shape index (κ2) is 10.2. The molecule has 0 aliphatic carbocycles. The number of nitrogens with zero attached hydrogens (tertiary/aromatic N) is 5. The largest absolute Gasteiger partial charge is 0.352 e. The van der Waals surface area contributed by atoms with E-state index in [1.807, 2.05) is 6.07 Å². The standard InChI is InChI=1S/C20H23Cl2N7O.2ClH/c1-27-10-14-7-13(27)11-28(14)4-5-29-18-17(9-24-29)25-20(26-19(18)30)23-8-12-2-3-15(21)16(22)6-12;;/h2-3,6,9,13-14H,4-5,7-8,10-11H2,1H3,(H2,23,25,26,30);2*1H. The average Bonchev–Trinajstić information content (AvgIpc) is 3.41. The van der Waals surface area contributed by atoms with Crippen molar-refractivity contribution in [1.29, 1.82) is 0 Å². The fraction of sp³-hybridized carbons (Fsp3) is 0.450. The molecule has 0 spiro atoms. The van der Waals surface area contributed by atoms with Crippen molar-refractivity contribution in [2.24, 2.45) is 0 Å². The van der Waals surface area contributed by atoms with Crippen LogP contribution in [0.3, 0.4) is 0 Å². The molecule has 2 N–H and O–H groups in total. The van der Waals surface area contributed by atoms with E-state index >= 15 is 0 Å². The number of H-pyrrole nitrogens is 1. The molecule has 2 saturated heterocycles. The van der Waals surface area contributed by atoms with Crippen LogP contribution in [0.4, 0.5) is 5.95 Å². The van der Waals surface area contributed by atoms with Gasteiger partial charge in [-0.2, -0.15) is 5.10 Å². The molecule has 8 nitrogen and oxygen atoms in total. The predicted molar refractivity (Wildman–Crippen MR) is 133 cm³/mol. The summed E-state index contributed by atoms with van der Waals surface area (Å²) in [6.45, 7) is 4.25. The van der Waals surface area contributed by atoms with Crippen LogP contribution in [0.5, 0.6) is 0 Å². The summed E-state index contributed by atoms with van der Waals surface area (Å²) in [5.41, 5.74) is 1.83. The molecule has 0 radical (unpaired) electrons. The van der Waals surface area contributed by atoms with Crippen LogP contribution >= 0.6 is 48.0 Å². The Kier molecular flexibility index (Phi) is 7.96. The smallest absolute Gasteiger partial charge is 0.278 e. The summed E-state index contributed by atoms with van der Waals surface area (Å²) in [6.07, 6.45) is 2.89. The highest BCUT2D eigenvalue weighted by molar-refractivity contribution is 6.42. The third-order valence-corrected chi connectivity index (χ3v) is 6.91. The van der Waals surface area contributed by atoms with E-state index in [1.54, 1.807) is 23.0 Å². The lowest BCUT2D eigenvalue weighted by atomic mass is 10.2. The summed E-state index contributed by atoms with van der Waals surface area (Å²) in [5.74, 6) is 0.401. The van der Waals surface area contributed by atoms with Gasteiger partial charge < -0.3 is 10.2 Å². The number of aromatic nitrogens is 4. The minimum atomic E-state index is -0.197. The van der Waals surface area contributed by atoms with Gasteiger partial charge in [-0.15, -0.1) is 24.8 Å². The van der Waals surface area contributed by atoms with Gasteiger partial charge in [-0.05, 0) is 31.2 Å². The van der Waals surface area contributed by atoms with E-state index in [9.17, 15) is 4.79 Å². The summed E-state index contributed by atoms with van der Waals surface area (Å²) >= 11 is 12.0. The number of hydrogen-bond donors (Lipinski definition) is 2. The predicted octanol–water partition coefficient (Wildman–Crippen LogP) is 3.27. The number of halogens is 4. The molecule has 32 heavy (non-hydrogen) atoms. The van der Waals surface area contributed by atoms with Gasteiger partial charge in [0.1, 0.15) is 5.52 Å². The second-order valence-electron chi connectivity index (χ2n) is 8.10. The van der Waals surface area contributed by atoms with Crippen molar-refractivity contribution in [2.45, 2.75) is 31.6 Å². The third-order valence-electron chi connectivity index (χ3n) is 6.17. The first-order valence-corrected chi connectivity index (χ1v) is 10.8. The van der Waals surface area contributed by atoms with Gasteiger partial charge in [0, 0.05) is 38.3 Å². The maximum absolute atomic E-state index is 12.7. The van der Waals surface area contributed by atoms with Crippen LogP contribution in [0.15, 0.2) is 29.2 Å². The number of likely N-dealkylation sites (tertiary alicyclic amines) is 2. The van der Waals surface area contributed by atoms with Gasteiger partial charge in [0.15, 0.2) is 5.52 Å². The van der Waals surface area contributed by atoms with Crippen LogP contribution in [-0.4, -0.2) is 68.3 Å². The fourth-order valence-electron chi connectivity index (χ4n) is 4.54. The number of aromatic amines is 1. The number of benzene rings is 1. The zero-order valence-corrected chi connectivity index (χ0v) is 20.6. The number of hydrogen-bond acceptors (Lipinski definition) is 6. The first kappa shape index (κ1) is 25.1. The molecular weight excluding hydrogens is 496 g/mol. The lowest BCUT2D eigenvalue weighted by Crippen LogP contribution is -2.45. The van der Waals surface area contributed by atoms with E-state index in [-0.39, 0.29) is 30.4 Å². The summed E-state index contributed by atoms with van der Waals surface area (Å²) in [5, 5.41) is 8.54. The van der Waals surface area contributed by atoms with Crippen molar-refractivity contribution in [3.8, 4) is 0 Å². The van der Waals surface area contributed by atoms with E-state index in [2.05, 4.69) is 37.2 Å². The zero-order valence-electron chi connectivity index (χ0n) is 17.4. The van der Waals surface area contributed by atoms with Gasteiger partial charge in [-0.3, -0.25) is 19.4 Å². The van der Waals surface area contributed by atoms with E-state index in [0.29, 0.717) is 52.2 Å². The van der Waals surface area contributed by atoms with Gasteiger partial charge in [0.05, 0.1) is 22.8 Å². The highest BCUT2D eigenvalue weighted by Gasteiger charge is 2.40. The van der Waals surface area contributed by atoms with Crippen LogP contribution in [0.2, 0.25) is 10.0 Å². The molecule has 2 fully saturated rings. The Morgan fingerprint density at radius 3 is 2.66 bits per heavy atom. The average molecular weight is 521 g/mol. The summed E-state index contributed by atoms with van der Waals surface area (Å²) in [6, 6.07) is 6.69. The number of rotatable bonds is 6. The summed E-state index contributed by atoms with van der Waals surface area (Å²) < 4.78 is 1.76. The molecule has 2 bridgehead atoms. The number of nitrogens with one attached hydrogen (secondary N) is 2. The van der Waals surface area contributed by atoms with Crippen molar-refractivity contribution in [3.05, 3.63) is 50.4 Å². The van der Waals surface area contributed by atoms with Crippen molar-refractivity contribution < 1.29 is 0 Å². The van der Waals surface area contributed by atoms with Gasteiger partial charge in [-0.1, -0.05) is 29.3 Å². The molecule has 3 aromatic rings. The Morgan fingerprint density at radius 1 is 1.16 bits per heavy atom. The summed E-state index contributed by atoms with van der Waals surface area (Å²) in [4.78, 5) is 25.0. The molecule has 2 aliphatic rings. The quantitative estimate of drug-likeness (QED) is 0.519. The maximum atomic E-state index is 12.7. The SMILES string of the molecule is CN1CC2CC1CN2CCn1ncc2nc(NCc3ccc(Cl)c(Cl)c3)[nH]c(=O)c21.Cl.Cl. The minimum absolute atomic E-state index is 0.